The van der Waals surface area contributed by atoms with Crippen LogP contribution in [0, 0.1) is 12.8 Å². The van der Waals surface area contributed by atoms with Gasteiger partial charge in [-0.15, -0.1) is 25.6 Å². The van der Waals surface area contributed by atoms with E-state index in [0.717, 1.165) is 30.3 Å². The summed E-state index contributed by atoms with van der Waals surface area (Å²) in [4.78, 5) is -3.61. The standard InChI is InChI=1S/C57H47N9O21S5/c1-28-15-45(49(86-3)26-43(28)61-64-47-24-37(89(74,75)76)20-33-21-38(90(77,78)79)25-48(68)53(33)47)62-65-54-51(91(80,81)82)22-31-17-34(7-10-40(31)56(54)69)58-35-8-11-41-32(18-35)23-52(92(83,84)85)55(57(41)70)66-63-46-16-29(2)44(27-50(46)87-14-13-67)60-59-42-6-4-5-30-19-36(88(71,72)73)9-12-39(30)42/h4-12,15-28,43,58,67-70H,13-14H2,1-3H3,(H,71,72,73)(H,74,75,76)(H,77,78,79)(H,80,81,82)(H,83,84,85)/b60-59+,64-61+,65-62+,66-63+. The Bertz CT molecular complexity index is 5410. The van der Waals surface area contributed by atoms with Gasteiger partial charge >= 0.3 is 0 Å². The van der Waals surface area contributed by atoms with Crippen molar-refractivity contribution in [3.8, 4) is 23.0 Å². The maximum atomic E-state index is 12.9. The van der Waals surface area contributed by atoms with Gasteiger partial charge in [0.2, 0.25) is 0 Å². The number of ether oxygens (including phenoxy) is 2. The van der Waals surface area contributed by atoms with Crippen molar-refractivity contribution in [3.05, 3.63) is 150 Å². The smallest absolute Gasteiger partial charge is 0.296 e. The van der Waals surface area contributed by atoms with Gasteiger partial charge in [0.25, 0.3) is 50.6 Å². The molecule has 92 heavy (non-hydrogen) atoms. The number of phenols is 3. The predicted molar refractivity (Wildman–Crippen MR) is 330 cm³/mol. The van der Waals surface area contributed by atoms with Gasteiger partial charge in [-0.25, -0.2) is 0 Å². The lowest BCUT2D eigenvalue weighted by Crippen LogP contribution is -2.17. The fraction of sp³-hybridized carbons (Fsp3) is 0.123. The van der Waals surface area contributed by atoms with E-state index < -0.39 is 117 Å². The minimum absolute atomic E-state index is 0.0168. The Morgan fingerprint density at radius 2 is 1.04 bits per heavy atom. The third-order valence-corrected chi connectivity index (χ3v) is 18.3. The third-order valence-electron chi connectivity index (χ3n) is 14.1. The van der Waals surface area contributed by atoms with Crippen LogP contribution in [0.25, 0.3) is 43.1 Å². The molecule has 10 rings (SSSR count). The molecule has 0 bridgehead atoms. The summed E-state index contributed by atoms with van der Waals surface area (Å²) in [5.74, 6) is -2.91. The van der Waals surface area contributed by atoms with Gasteiger partial charge in [-0.3, -0.25) is 22.8 Å². The summed E-state index contributed by atoms with van der Waals surface area (Å²) in [6, 6.07) is 24.4. The van der Waals surface area contributed by atoms with Crippen molar-refractivity contribution >= 4 is 139 Å². The largest absolute Gasteiger partial charge is 0.507 e. The van der Waals surface area contributed by atoms with E-state index in [0.29, 0.717) is 28.1 Å². The molecule has 0 aromatic heterocycles. The summed E-state index contributed by atoms with van der Waals surface area (Å²) in [7, 11) is -23.4. The number of aryl methyl sites for hydroxylation is 1. The van der Waals surface area contributed by atoms with Gasteiger partial charge in [0.05, 0.1) is 56.9 Å². The fourth-order valence-corrected chi connectivity index (χ4v) is 12.6. The molecule has 476 valence electrons. The molecule has 1 aliphatic carbocycles. The van der Waals surface area contributed by atoms with Crippen molar-refractivity contribution in [2.75, 3.05) is 25.6 Å². The minimum atomic E-state index is -5.17. The maximum absolute atomic E-state index is 12.9. The second-order valence-corrected chi connectivity index (χ2v) is 27.3. The summed E-state index contributed by atoms with van der Waals surface area (Å²) in [6.07, 6.45) is 2.85. The minimum Gasteiger partial charge on any atom is -0.507 e. The van der Waals surface area contributed by atoms with Crippen molar-refractivity contribution in [1.82, 2.24) is 0 Å². The zero-order chi connectivity index (χ0) is 66.6. The van der Waals surface area contributed by atoms with E-state index >= 15 is 0 Å². The molecular weight excluding hydrogens is 1310 g/mol. The van der Waals surface area contributed by atoms with E-state index in [1.165, 1.54) is 86.0 Å². The number of anilines is 2. The van der Waals surface area contributed by atoms with Crippen LogP contribution in [0.2, 0.25) is 0 Å². The maximum Gasteiger partial charge on any atom is 0.296 e. The average molecular weight is 1350 g/mol. The highest BCUT2D eigenvalue weighted by Crippen LogP contribution is 2.47. The second kappa shape index (κ2) is 24.8. The molecule has 9 aromatic carbocycles. The zero-order valence-electron chi connectivity index (χ0n) is 47.3. The molecule has 10 N–H and O–H groups in total. The van der Waals surface area contributed by atoms with Crippen LogP contribution in [0.1, 0.15) is 12.5 Å². The Hall–Kier alpha value is -9.79. The molecule has 0 saturated carbocycles. The number of aromatic hydroxyl groups is 3. The highest BCUT2D eigenvalue weighted by atomic mass is 32.2. The van der Waals surface area contributed by atoms with Crippen LogP contribution < -0.4 is 10.1 Å². The normalized spacial score (nSPS) is 15.4. The number of rotatable bonds is 19. The molecule has 1 aliphatic rings. The van der Waals surface area contributed by atoms with Gasteiger partial charge in [0.15, 0.2) is 11.5 Å². The Kier molecular flexibility index (Phi) is 17.6. The van der Waals surface area contributed by atoms with Crippen molar-refractivity contribution in [3.63, 3.8) is 0 Å². The number of nitrogens with zero attached hydrogens (tertiary/aromatic N) is 8. The third kappa shape index (κ3) is 13.8. The predicted octanol–water partition coefficient (Wildman–Crippen LogP) is 12.2. The van der Waals surface area contributed by atoms with Gasteiger partial charge < -0.3 is 35.2 Å². The van der Waals surface area contributed by atoms with E-state index in [1.54, 1.807) is 32.0 Å². The lowest BCUT2D eigenvalue weighted by Gasteiger charge is -2.20. The molecular formula is C57H47N9O21S5. The van der Waals surface area contributed by atoms with E-state index in [9.17, 15) is 85.3 Å². The SMILES string of the molecule is COC1=CC(/N=N/c2cc(S(=O)(=O)O)cc3cc(S(=O)(=O)O)cc(O)c23)C(C)C=C1/N=N/c1c(S(=O)(=O)O)cc2cc(Nc3ccc4c(O)c(/N=N/c5cc(C)c(/N=N/c6cccc7cc(S(=O)(=O)O)ccc67)cc5OCCO)c(S(=O)(=O)O)cc4c3)ccc2c1O. The van der Waals surface area contributed by atoms with E-state index in [2.05, 4.69) is 46.2 Å². The highest BCUT2D eigenvalue weighted by Gasteiger charge is 2.28. The average Bonchev–Trinajstić information content (AvgIpc) is 0.795. The summed E-state index contributed by atoms with van der Waals surface area (Å²) in [5, 5.41) is 80.5. The van der Waals surface area contributed by atoms with Gasteiger partial charge in [-0.05, 0) is 137 Å². The number of fused-ring (bicyclic) bond motifs is 4. The molecule has 0 radical (unpaired) electrons. The van der Waals surface area contributed by atoms with E-state index in [-0.39, 0.29) is 89.5 Å². The van der Waals surface area contributed by atoms with Crippen LogP contribution in [0.3, 0.4) is 0 Å². The van der Waals surface area contributed by atoms with E-state index in [4.69, 9.17) is 9.47 Å². The fourth-order valence-electron chi connectivity index (χ4n) is 9.68. The van der Waals surface area contributed by atoms with Crippen LogP contribution in [0.15, 0.2) is 210 Å². The molecule has 2 atom stereocenters. The first-order valence-corrected chi connectivity index (χ1v) is 33.5. The Morgan fingerprint density at radius 1 is 0.500 bits per heavy atom. The van der Waals surface area contributed by atoms with Crippen LogP contribution >= 0.6 is 0 Å². The number of aliphatic hydroxyl groups excluding tert-OH is 1. The lowest BCUT2D eigenvalue weighted by molar-refractivity contribution is 0.202. The van der Waals surface area contributed by atoms with E-state index in [1.807, 2.05) is 0 Å². The van der Waals surface area contributed by atoms with Gasteiger partial charge in [0, 0.05) is 45.6 Å². The number of phenolic OH excluding ortho intramolecular Hbond substituents is 3. The molecule has 30 nitrogen and oxygen atoms in total. The topological polar surface area (TPSA) is 482 Å². The molecule has 9 aromatic rings. The Morgan fingerprint density at radius 3 is 1.61 bits per heavy atom. The number of methoxy groups -OCH3 is 1. The van der Waals surface area contributed by atoms with Crippen LogP contribution in [-0.4, -0.2) is 112 Å². The molecule has 0 amide bonds. The lowest BCUT2D eigenvalue weighted by atomic mass is 9.95. The molecule has 35 heteroatoms. The molecule has 0 saturated heterocycles. The quantitative estimate of drug-likeness (QED) is 0.0265. The first-order valence-electron chi connectivity index (χ1n) is 26.3. The van der Waals surface area contributed by atoms with Gasteiger partial charge in [-0.2, -0.15) is 57.4 Å². The van der Waals surface area contributed by atoms with Crippen molar-refractivity contribution in [2.45, 2.75) is 44.4 Å². The van der Waals surface area contributed by atoms with Crippen LogP contribution in [-0.2, 0) is 55.3 Å². The summed E-state index contributed by atoms with van der Waals surface area (Å²) in [6.45, 7) is 2.57. The molecule has 0 heterocycles. The number of aliphatic hydroxyl groups is 1. The zero-order valence-corrected chi connectivity index (χ0v) is 51.4. The second-order valence-electron chi connectivity index (χ2n) is 20.3. The molecule has 2 unspecified atom stereocenters. The number of nitrogens with one attached hydrogen (secondary N) is 1. The first-order chi connectivity index (χ1) is 43.2. The van der Waals surface area contributed by atoms with Crippen molar-refractivity contribution in [1.29, 1.82) is 0 Å². The van der Waals surface area contributed by atoms with Crippen molar-refractivity contribution < 1.29 is 94.8 Å². The summed E-state index contributed by atoms with van der Waals surface area (Å²) < 4.78 is 184. The number of hydrogen-bond acceptors (Lipinski definition) is 25. The monoisotopic (exact) mass is 1350 g/mol. The van der Waals surface area contributed by atoms with Crippen molar-refractivity contribution in [2.24, 2.45) is 46.8 Å². The summed E-state index contributed by atoms with van der Waals surface area (Å²) in [5.41, 5.74) is -0.267. The Labute approximate surface area is 521 Å². The highest BCUT2D eigenvalue weighted by molar-refractivity contribution is 7.87. The van der Waals surface area contributed by atoms with Crippen LogP contribution in [0.4, 0.5) is 45.5 Å². The molecule has 0 aliphatic heterocycles. The molecule has 0 fully saturated rings. The number of azo groups is 4. The van der Waals surface area contributed by atoms with Crippen LogP contribution in [0.5, 0.6) is 23.0 Å². The first kappa shape index (κ1) is 65.2. The van der Waals surface area contributed by atoms with Gasteiger partial charge in [-0.1, -0.05) is 25.1 Å². The molecule has 0 spiro atoms. The summed E-state index contributed by atoms with van der Waals surface area (Å²) >= 11 is 0. The number of benzene rings is 9. The van der Waals surface area contributed by atoms with Gasteiger partial charge in [0.1, 0.15) is 56.4 Å². The number of hydrogen-bond donors (Lipinski definition) is 10. The Balaban J connectivity index is 0.909.